The minimum absolute atomic E-state index is 0.0486. The van der Waals surface area contributed by atoms with Crippen LogP contribution in [0, 0.1) is 0 Å². The van der Waals surface area contributed by atoms with Crippen molar-refractivity contribution in [3.63, 3.8) is 0 Å². The molecule has 0 atom stereocenters. The predicted molar refractivity (Wildman–Crippen MR) is 74.0 cm³/mol. The lowest BCUT2D eigenvalue weighted by Gasteiger charge is -2.02. The first kappa shape index (κ1) is 13.3. The van der Waals surface area contributed by atoms with Crippen molar-refractivity contribution in [2.24, 2.45) is 0 Å². The largest absolute Gasteiger partial charge is 0.359 e. The second-order valence-electron chi connectivity index (χ2n) is 4.23. The molecule has 0 aliphatic rings. The Kier molecular flexibility index (Phi) is 4.69. The van der Waals surface area contributed by atoms with Crippen LogP contribution < -0.4 is 10.6 Å². The van der Waals surface area contributed by atoms with Crippen LogP contribution in [0.2, 0.25) is 0 Å². The molecule has 0 unspecified atom stereocenters. The number of hydrogen-bond donors (Lipinski definition) is 2. The highest BCUT2D eigenvalue weighted by molar-refractivity contribution is 5.75. The minimum atomic E-state index is 0.0486. The average molecular weight is 258 g/mol. The molecule has 0 spiro atoms. The molecule has 0 fully saturated rings. The van der Waals surface area contributed by atoms with Crippen molar-refractivity contribution in [2.45, 2.75) is 13.0 Å². The van der Waals surface area contributed by atoms with Gasteiger partial charge in [0.1, 0.15) is 0 Å². The van der Waals surface area contributed by atoms with E-state index in [2.05, 4.69) is 15.7 Å². The lowest BCUT2D eigenvalue weighted by atomic mass is 10.3. The van der Waals surface area contributed by atoms with Gasteiger partial charge in [-0.3, -0.25) is 4.79 Å². The predicted octanol–water partition coefficient (Wildman–Crippen LogP) is 1.10. The van der Waals surface area contributed by atoms with Crippen molar-refractivity contribution in [1.82, 2.24) is 20.4 Å². The van der Waals surface area contributed by atoms with Gasteiger partial charge in [0, 0.05) is 38.3 Å². The van der Waals surface area contributed by atoms with Crippen LogP contribution in [0.1, 0.15) is 12.0 Å². The van der Waals surface area contributed by atoms with Crippen molar-refractivity contribution < 1.29 is 4.79 Å². The van der Waals surface area contributed by atoms with E-state index in [-0.39, 0.29) is 5.91 Å². The summed E-state index contributed by atoms with van der Waals surface area (Å²) in [4.78, 5) is 11.0. The molecule has 0 bridgehead atoms. The molecule has 0 aliphatic carbocycles. The molecular formula is C14H18N4O. The number of amides is 1. The molecule has 0 aliphatic heterocycles. The van der Waals surface area contributed by atoms with Crippen LogP contribution >= 0.6 is 0 Å². The quantitative estimate of drug-likeness (QED) is 0.763. The maximum absolute atomic E-state index is 11.0. The maximum Gasteiger partial charge on any atom is 0.221 e. The van der Waals surface area contributed by atoms with Gasteiger partial charge in [-0.2, -0.15) is 5.10 Å². The van der Waals surface area contributed by atoms with E-state index in [1.165, 1.54) is 0 Å². The second kappa shape index (κ2) is 6.70. The highest BCUT2D eigenvalue weighted by Crippen LogP contribution is 2.07. The van der Waals surface area contributed by atoms with E-state index in [1.807, 2.05) is 47.4 Å². The fourth-order valence-corrected chi connectivity index (χ4v) is 1.73. The second-order valence-corrected chi connectivity index (χ2v) is 4.23. The van der Waals surface area contributed by atoms with E-state index >= 15 is 0 Å². The lowest BCUT2D eigenvalue weighted by Crippen LogP contribution is -2.24. The Bertz CT molecular complexity index is 521. The van der Waals surface area contributed by atoms with Crippen molar-refractivity contribution in [1.29, 1.82) is 0 Å². The Morgan fingerprint density at radius 3 is 2.84 bits per heavy atom. The molecule has 2 N–H and O–H groups in total. The van der Waals surface area contributed by atoms with Gasteiger partial charge in [-0.1, -0.05) is 18.2 Å². The van der Waals surface area contributed by atoms with Crippen LogP contribution in [0.15, 0.2) is 42.7 Å². The zero-order valence-corrected chi connectivity index (χ0v) is 11.0. The van der Waals surface area contributed by atoms with E-state index in [4.69, 9.17) is 0 Å². The highest BCUT2D eigenvalue weighted by atomic mass is 16.1. The summed E-state index contributed by atoms with van der Waals surface area (Å²) in [6, 6.07) is 9.97. The van der Waals surface area contributed by atoms with E-state index in [1.54, 1.807) is 7.05 Å². The first-order chi connectivity index (χ1) is 9.29. The van der Waals surface area contributed by atoms with Crippen LogP contribution in [0.25, 0.3) is 5.69 Å². The van der Waals surface area contributed by atoms with Gasteiger partial charge in [0.2, 0.25) is 5.91 Å². The van der Waals surface area contributed by atoms with Crippen LogP contribution in [0.5, 0.6) is 0 Å². The van der Waals surface area contributed by atoms with Crippen LogP contribution in [-0.2, 0) is 11.3 Å². The number of benzene rings is 1. The number of para-hydroxylation sites is 1. The molecule has 2 aromatic rings. The van der Waals surface area contributed by atoms with Gasteiger partial charge in [0.15, 0.2) is 0 Å². The van der Waals surface area contributed by atoms with Crippen molar-refractivity contribution >= 4 is 5.91 Å². The first-order valence-electron chi connectivity index (χ1n) is 6.30. The number of hydrogen-bond acceptors (Lipinski definition) is 3. The highest BCUT2D eigenvalue weighted by Gasteiger charge is 2.01. The van der Waals surface area contributed by atoms with E-state index in [0.29, 0.717) is 19.5 Å². The Morgan fingerprint density at radius 2 is 2.11 bits per heavy atom. The third-order valence-electron chi connectivity index (χ3n) is 2.79. The van der Waals surface area contributed by atoms with Gasteiger partial charge >= 0.3 is 0 Å². The van der Waals surface area contributed by atoms with Crippen molar-refractivity contribution in [2.75, 3.05) is 13.6 Å². The van der Waals surface area contributed by atoms with Crippen LogP contribution in [-0.4, -0.2) is 29.3 Å². The first-order valence-corrected chi connectivity index (χ1v) is 6.30. The molecule has 1 aromatic heterocycles. The number of nitrogens with zero attached hydrogens (tertiary/aromatic N) is 2. The zero-order chi connectivity index (χ0) is 13.5. The Morgan fingerprint density at radius 1 is 1.32 bits per heavy atom. The molecule has 5 nitrogen and oxygen atoms in total. The van der Waals surface area contributed by atoms with E-state index in [0.717, 1.165) is 11.3 Å². The molecule has 1 heterocycles. The van der Waals surface area contributed by atoms with E-state index < -0.39 is 0 Å². The van der Waals surface area contributed by atoms with E-state index in [9.17, 15) is 4.79 Å². The van der Waals surface area contributed by atoms with Gasteiger partial charge in [-0.15, -0.1) is 0 Å². The summed E-state index contributed by atoms with van der Waals surface area (Å²) in [5.41, 5.74) is 2.14. The number of rotatable bonds is 6. The third kappa shape index (κ3) is 3.93. The smallest absolute Gasteiger partial charge is 0.221 e. The standard InChI is InChI=1S/C14H18N4O/c1-15-14(19)7-8-16-9-12-10-17-18(11-12)13-5-3-2-4-6-13/h2-6,10-11,16H,7-9H2,1H3,(H,15,19). The Labute approximate surface area is 112 Å². The summed E-state index contributed by atoms with van der Waals surface area (Å²) in [6.45, 7) is 1.38. The normalized spacial score (nSPS) is 10.4. The van der Waals surface area contributed by atoms with Crippen molar-refractivity contribution in [3.05, 3.63) is 48.3 Å². The molecule has 5 heteroatoms. The number of carbonyl (C=O) groups excluding carboxylic acids is 1. The fraction of sp³-hybridized carbons (Fsp3) is 0.286. The van der Waals surface area contributed by atoms with Gasteiger partial charge < -0.3 is 10.6 Å². The summed E-state index contributed by atoms with van der Waals surface area (Å²) in [7, 11) is 1.65. The van der Waals surface area contributed by atoms with Gasteiger partial charge in [-0.05, 0) is 12.1 Å². The fourth-order valence-electron chi connectivity index (χ4n) is 1.73. The number of aromatic nitrogens is 2. The minimum Gasteiger partial charge on any atom is -0.359 e. The third-order valence-corrected chi connectivity index (χ3v) is 2.79. The topological polar surface area (TPSA) is 59.0 Å². The van der Waals surface area contributed by atoms with Crippen molar-refractivity contribution in [3.8, 4) is 5.69 Å². The summed E-state index contributed by atoms with van der Waals surface area (Å²) in [5, 5.41) is 10.1. The van der Waals surface area contributed by atoms with Gasteiger partial charge in [0.05, 0.1) is 11.9 Å². The SMILES string of the molecule is CNC(=O)CCNCc1cnn(-c2ccccc2)c1. The summed E-state index contributed by atoms with van der Waals surface area (Å²) in [6.07, 6.45) is 4.31. The molecule has 1 amide bonds. The molecule has 2 rings (SSSR count). The summed E-state index contributed by atoms with van der Waals surface area (Å²) >= 11 is 0. The molecule has 100 valence electrons. The summed E-state index contributed by atoms with van der Waals surface area (Å²) in [5.74, 6) is 0.0486. The maximum atomic E-state index is 11.0. The number of carbonyl (C=O) groups is 1. The number of nitrogens with one attached hydrogen (secondary N) is 2. The average Bonchev–Trinajstić information content (AvgIpc) is 2.93. The zero-order valence-electron chi connectivity index (χ0n) is 11.0. The van der Waals surface area contributed by atoms with Crippen LogP contribution in [0.4, 0.5) is 0 Å². The monoisotopic (exact) mass is 258 g/mol. The Hall–Kier alpha value is -2.14. The molecule has 19 heavy (non-hydrogen) atoms. The molecule has 0 radical (unpaired) electrons. The molecule has 1 aromatic carbocycles. The molecule has 0 saturated heterocycles. The van der Waals surface area contributed by atoms with Gasteiger partial charge in [0.25, 0.3) is 0 Å². The Balaban J connectivity index is 1.83. The summed E-state index contributed by atoms with van der Waals surface area (Å²) < 4.78 is 1.84. The molecule has 0 saturated carbocycles. The molecular weight excluding hydrogens is 240 g/mol. The van der Waals surface area contributed by atoms with Crippen LogP contribution in [0.3, 0.4) is 0 Å². The lowest BCUT2D eigenvalue weighted by molar-refractivity contribution is -0.120. The van der Waals surface area contributed by atoms with Gasteiger partial charge in [-0.25, -0.2) is 4.68 Å².